The standard InChI is InChI=1S/C28H36ClF3N8O/c1-6-38(5)35-16-19(3)23(33)17-40(34)24-15-21(8-7-18(24)2)36-27(41)20-13-22(28(30,31)32)26(29)25(14-20)39-11-9-37(4)10-12-39/h7-8,13-17H,3,6,9-12,33-34H2,1-2,4-5H3,(H,36,41)/b23-17-,35-16-. The number of amides is 1. The predicted molar refractivity (Wildman–Crippen MR) is 160 cm³/mol. The lowest BCUT2D eigenvalue weighted by atomic mass is 10.1. The third-order valence-corrected chi connectivity index (χ3v) is 7.12. The van der Waals surface area contributed by atoms with Crippen LogP contribution in [-0.4, -0.2) is 68.8 Å². The molecule has 222 valence electrons. The summed E-state index contributed by atoms with van der Waals surface area (Å²) in [5, 5.41) is 9.44. The SMILES string of the molecule is C=C(/C=N\N(C)CC)/C(N)=C/N(N)c1cc(NC(=O)c2cc(N3CCN(C)CC3)c(Cl)c(C(F)(F)F)c2)ccc1C. The van der Waals surface area contributed by atoms with Gasteiger partial charge in [-0.25, -0.2) is 5.84 Å². The number of allylic oxidation sites excluding steroid dienone is 1. The number of piperazine rings is 1. The number of hydrazone groups is 1. The van der Waals surface area contributed by atoms with E-state index in [-0.39, 0.29) is 16.9 Å². The summed E-state index contributed by atoms with van der Waals surface area (Å²) in [4.78, 5) is 17.1. The molecule has 2 aromatic carbocycles. The van der Waals surface area contributed by atoms with E-state index in [1.165, 1.54) is 23.5 Å². The van der Waals surface area contributed by atoms with Crippen LogP contribution in [0.25, 0.3) is 0 Å². The molecular formula is C28H36ClF3N8O. The van der Waals surface area contributed by atoms with E-state index in [4.69, 9.17) is 23.2 Å². The number of likely N-dealkylation sites (N-methyl/N-ethyl adjacent to an activating group) is 1. The number of carbonyl (C=O) groups excluding carboxylic acids is 1. The van der Waals surface area contributed by atoms with E-state index < -0.39 is 22.7 Å². The molecule has 0 unspecified atom stereocenters. The summed E-state index contributed by atoms with van der Waals surface area (Å²) in [5.41, 5.74) is 7.38. The molecule has 0 radical (unpaired) electrons. The molecule has 13 heteroatoms. The Morgan fingerprint density at radius 1 is 1.22 bits per heavy atom. The third kappa shape index (κ3) is 8.15. The van der Waals surface area contributed by atoms with Crippen LogP contribution in [0.2, 0.25) is 5.02 Å². The molecule has 1 fully saturated rings. The zero-order valence-electron chi connectivity index (χ0n) is 23.6. The van der Waals surface area contributed by atoms with Gasteiger partial charge in [0.05, 0.1) is 33.9 Å². The molecule has 1 aliphatic heterocycles. The molecule has 41 heavy (non-hydrogen) atoms. The number of benzene rings is 2. The lowest BCUT2D eigenvalue weighted by Crippen LogP contribution is -2.44. The fourth-order valence-electron chi connectivity index (χ4n) is 4.02. The van der Waals surface area contributed by atoms with Crippen LogP contribution in [0.1, 0.15) is 28.4 Å². The molecule has 0 bridgehead atoms. The molecule has 0 atom stereocenters. The minimum atomic E-state index is -4.74. The van der Waals surface area contributed by atoms with Crippen LogP contribution >= 0.6 is 11.6 Å². The fourth-order valence-corrected chi connectivity index (χ4v) is 4.36. The van der Waals surface area contributed by atoms with Gasteiger partial charge in [-0.2, -0.15) is 18.3 Å². The predicted octanol–water partition coefficient (Wildman–Crippen LogP) is 4.65. The molecule has 2 aromatic rings. The molecule has 0 aromatic heterocycles. The number of alkyl halides is 3. The summed E-state index contributed by atoms with van der Waals surface area (Å²) < 4.78 is 41.7. The second-order valence-electron chi connectivity index (χ2n) is 9.84. The van der Waals surface area contributed by atoms with E-state index in [9.17, 15) is 18.0 Å². The van der Waals surface area contributed by atoms with Gasteiger partial charge in [0.2, 0.25) is 0 Å². The highest BCUT2D eigenvalue weighted by Gasteiger charge is 2.36. The van der Waals surface area contributed by atoms with Crippen molar-refractivity contribution in [1.29, 1.82) is 0 Å². The highest BCUT2D eigenvalue weighted by atomic mass is 35.5. The number of rotatable bonds is 9. The average Bonchev–Trinajstić information content (AvgIpc) is 2.92. The number of hydrazine groups is 1. The quantitative estimate of drug-likeness (QED) is 0.168. The van der Waals surface area contributed by atoms with Crippen molar-refractivity contribution in [2.45, 2.75) is 20.0 Å². The van der Waals surface area contributed by atoms with Crippen LogP contribution in [0.4, 0.5) is 30.2 Å². The Bertz CT molecular complexity index is 1340. The van der Waals surface area contributed by atoms with Crippen LogP contribution in [0, 0.1) is 6.92 Å². The first-order chi connectivity index (χ1) is 19.2. The van der Waals surface area contributed by atoms with Crippen molar-refractivity contribution in [3.05, 3.63) is 76.1 Å². The van der Waals surface area contributed by atoms with Crippen molar-refractivity contribution in [1.82, 2.24) is 9.91 Å². The van der Waals surface area contributed by atoms with Gasteiger partial charge >= 0.3 is 6.18 Å². The minimum Gasteiger partial charge on any atom is -0.397 e. The Balaban J connectivity index is 1.88. The minimum absolute atomic E-state index is 0.167. The molecule has 0 aliphatic carbocycles. The van der Waals surface area contributed by atoms with Gasteiger partial charge in [0, 0.05) is 62.8 Å². The Kier molecular flexibility index (Phi) is 10.3. The number of aryl methyl sites for hydroxylation is 1. The van der Waals surface area contributed by atoms with E-state index in [0.717, 1.165) is 11.6 Å². The van der Waals surface area contributed by atoms with E-state index in [1.807, 2.05) is 27.9 Å². The van der Waals surface area contributed by atoms with Crippen molar-refractivity contribution < 1.29 is 18.0 Å². The van der Waals surface area contributed by atoms with Crippen LogP contribution in [0.15, 0.2) is 59.5 Å². The Morgan fingerprint density at radius 3 is 2.49 bits per heavy atom. The number of hydrogen-bond acceptors (Lipinski definition) is 8. The maximum Gasteiger partial charge on any atom is 0.417 e. The zero-order chi connectivity index (χ0) is 30.5. The molecule has 5 N–H and O–H groups in total. The second-order valence-corrected chi connectivity index (χ2v) is 10.2. The van der Waals surface area contributed by atoms with E-state index >= 15 is 0 Å². The van der Waals surface area contributed by atoms with Crippen molar-refractivity contribution in [2.24, 2.45) is 16.7 Å². The van der Waals surface area contributed by atoms with Gasteiger partial charge in [-0.1, -0.05) is 24.2 Å². The molecule has 0 spiro atoms. The topological polar surface area (TPSA) is 106 Å². The first kappa shape index (κ1) is 31.8. The monoisotopic (exact) mass is 592 g/mol. The number of hydrogen-bond donors (Lipinski definition) is 3. The second kappa shape index (κ2) is 13.3. The normalized spacial score (nSPS) is 14.9. The van der Waals surface area contributed by atoms with E-state index in [2.05, 4.69) is 21.9 Å². The lowest BCUT2D eigenvalue weighted by Gasteiger charge is -2.35. The Labute approximate surface area is 243 Å². The molecule has 3 rings (SSSR count). The maximum atomic E-state index is 13.9. The third-order valence-electron chi connectivity index (χ3n) is 6.73. The zero-order valence-corrected chi connectivity index (χ0v) is 24.4. The van der Waals surface area contributed by atoms with Gasteiger partial charge in [-0.15, -0.1) is 0 Å². The summed E-state index contributed by atoms with van der Waals surface area (Å²) in [6.07, 6.45) is -1.76. The first-order valence-electron chi connectivity index (χ1n) is 12.9. The van der Waals surface area contributed by atoms with Gasteiger partial charge in [0.1, 0.15) is 0 Å². The molecule has 1 heterocycles. The summed E-state index contributed by atoms with van der Waals surface area (Å²) >= 11 is 6.22. The van der Waals surface area contributed by atoms with Crippen LogP contribution in [-0.2, 0) is 6.18 Å². The first-order valence-corrected chi connectivity index (χ1v) is 13.3. The molecule has 0 saturated carbocycles. The van der Waals surface area contributed by atoms with E-state index in [0.29, 0.717) is 49.7 Å². The van der Waals surface area contributed by atoms with Crippen molar-refractivity contribution >= 4 is 40.8 Å². The smallest absolute Gasteiger partial charge is 0.397 e. The maximum absolute atomic E-state index is 13.9. The average molecular weight is 593 g/mol. The molecular weight excluding hydrogens is 557 g/mol. The number of carbonyl (C=O) groups is 1. The molecule has 9 nitrogen and oxygen atoms in total. The van der Waals surface area contributed by atoms with Crippen LogP contribution in [0.5, 0.6) is 0 Å². The number of anilines is 3. The van der Waals surface area contributed by atoms with Gasteiger partial charge < -0.3 is 25.9 Å². The molecule has 1 aliphatic rings. The summed E-state index contributed by atoms with van der Waals surface area (Å²) in [6, 6.07) is 7.12. The molecule has 1 saturated heterocycles. The number of nitrogens with one attached hydrogen (secondary N) is 1. The Morgan fingerprint density at radius 2 is 1.88 bits per heavy atom. The van der Waals surface area contributed by atoms with Gasteiger partial charge in [0.15, 0.2) is 0 Å². The van der Waals surface area contributed by atoms with Crippen LogP contribution < -0.4 is 26.8 Å². The van der Waals surface area contributed by atoms with Crippen molar-refractivity contribution in [2.75, 3.05) is 62.0 Å². The summed E-state index contributed by atoms with van der Waals surface area (Å²) in [6.45, 7) is 10.6. The summed E-state index contributed by atoms with van der Waals surface area (Å²) in [7, 11) is 3.74. The van der Waals surface area contributed by atoms with E-state index in [1.54, 1.807) is 28.1 Å². The number of nitrogens with zero attached hydrogens (tertiary/aromatic N) is 5. The van der Waals surface area contributed by atoms with Crippen LogP contribution in [0.3, 0.4) is 0 Å². The largest absolute Gasteiger partial charge is 0.417 e. The highest BCUT2D eigenvalue weighted by molar-refractivity contribution is 6.34. The van der Waals surface area contributed by atoms with Gasteiger partial charge in [-0.05, 0) is 50.7 Å². The van der Waals surface area contributed by atoms with Gasteiger partial charge in [0.25, 0.3) is 5.91 Å². The van der Waals surface area contributed by atoms with Crippen molar-refractivity contribution in [3.8, 4) is 0 Å². The molecule has 1 amide bonds. The van der Waals surface area contributed by atoms with Gasteiger partial charge in [-0.3, -0.25) is 9.80 Å². The summed E-state index contributed by atoms with van der Waals surface area (Å²) in [5.74, 6) is 5.52. The van der Waals surface area contributed by atoms with Crippen molar-refractivity contribution in [3.63, 3.8) is 0 Å². The lowest BCUT2D eigenvalue weighted by molar-refractivity contribution is -0.137. The number of halogens is 4. The Hall–Kier alpha value is -3.74. The highest BCUT2D eigenvalue weighted by Crippen LogP contribution is 2.41. The fraction of sp³-hybridized carbons (Fsp3) is 0.357. The number of nitrogens with two attached hydrogens (primary N) is 2.